The molecule has 2 amide bonds. The van der Waals surface area contributed by atoms with Crippen LogP contribution in [0.15, 0.2) is 60.8 Å². The van der Waals surface area contributed by atoms with E-state index in [1.807, 2.05) is 30.3 Å². The molecule has 1 atom stereocenters. The van der Waals surface area contributed by atoms with Crippen LogP contribution in [0, 0.1) is 5.82 Å². The Morgan fingerprint density at radius 3 is 2.27 bits per heavy atom. The van der Waals surface area contributed by atoms with Gasteiger partial charge in [0.25, 0.3) is 16.0 Å². The molecule has 3 aromatic rings. The second kappa shape index (κ2) is 13.7. The van der Waals surface area contributed by atoms with Gasteiger partial charge in [0.15, 0.2) is 0 Å². The molecule has 236 valence electrons. The molecular formula is C32H38FN3O7S. The zero-order chi connectivity index (χ0) is 32.1. The number of alkyl carbamates (subject to hydrolysis) is 1. The maximum atomic E-state index is 14.3. The van der Waals surface area contributed by atoms with E-state index in [0.29, 0.717) is 36.8 Å². The lowest BCUT2D eigenvalue weighted by Crippen LogP contribution is -2.45. The number of amides is 2. The maximum absolute atomic E-state index is 14.3. The third kappa shape index (κ3) is 9.23. The second-order valence-corrected chi connectivity index (χ2v) is 13.8. The number of benzene rings is 2. The number of carbonyl (C=O) groups is 2. The van der Waals surface area contributed by atoms with Crippen LogP contribution in [0.4, 0.5) is 9.18 Å². The average Bonchev–Trinajstić information content (AvgIpc) is 2.94. The van der Waals surface area contributed by atoms with Gasteiger partial charge in [-0.15, -0.1) is 0 Å². The van der Waals surface area contributed by atoms with Crippen LogP contribution in [0.1, 0.15) is 69.3 Å². The standard InChI is InChI=1S/C32H38FN3O7S/c1-20(44(39,40)41)16-21-10-15-26(22-8-6-5-7-9-22)28(17-21)42-30-27(18-23(33)19-34-30)29(37)35-24-11-13-25(14-12-24)36-31(38)43-32(2,3)4/h5-10,15,17-20,24-25H,11-14,16H2,1-4H3,(H,35,37)(H,36,38)(H,39,40,41). The SMILES string of the molecule is CC(Cc1ccc(-c2ccccc2)c(Oc2ncc(F)cc2C(=O)NC2CCC(NC(=O)OC(C)(C)C)CC2)c1)S(=O)(=O)O. The molecule has 1 aliphatic rings. The van der Waals surface area contributed by atoms with Crippen LogP contribution in [-0.2, 0) is 21.3 Å². The van der Waals surface area contributed by atoms with Crippen molar-refractivity contribution in [2.75, 3.05) is 0 Å². The molecule has 0 aliphatic heterocycles. The highest BCUT2D eigenvalue weighted by atomic mass is 32.2. The molecule has 0 radical (unpaired) electrons. The Bertz CT molecular complexity index is 1590. The van der Waals surface area contributed by atoms with Gasteiger partial charge in [-0.05, 0) is 83.1 Å². The fraction of sp³-hybridized carbons (Fsp3) is 0.406. The monoisotopic (exact) mass is 627 g/mol. The van der Waals surface area contributed by atoms with Gasteiger partial charge in [0.1, 0.15) is 22.7 Å². The predicted molar refractivity (Wildman–Crippen MR) is 164 cm³/mol. The largest absolute Gasteiger partial charge is 0.444 e. The fourth-order valence-corrected chi connectivity index (χ4v) is 5.37. The van der Waals surface area contributed by atoms with Crippen LogP contribution >= 0.6 is 0 Å². The number of ether oxygens (including phenoxy) is 2. The topological polar surface area (TPSA) is 144 Å². The van der Waals surface area contributed by atoms with Gasteiger partial charge < -0.3 is 20.1 Å². The smallest absolute Gasteiger partial charge is 0.407 e. The highest BCUT2D eigenvalue weighted by Gasteiger charge is 2.27. The average molecular weight is 628 g/mol. The van der Waals surface area contributed by atoms with Gasteiger partial charge in [0.2, 0.25) is 5.88 Å². The number of carbonyl (C=O) groups excluding carboxylic acids is 2. The first-order valence-corrected chi connectivity index (χ1v) is 16.0. The van der Waals surface area contributed by atoms with Crippen LogP contribution in [0.25, 0.3) is 11.1 Å². The molecule has 1 aliphatic carbocycles. The van der Waals surface area contributed by atoms with E-state index in [-0.39, 0.29) is 35.7 Å². The van der Waals surface area contributed by atoms with Crippen LogP contribution in [0.5, 0.6) is 11.6 Å². The van der Waals surface area contributed by atoms with E-state index in [9.17, 15) is 27.0 Å². The third-order valence-electron chi connectivity index (χ3n) is 7.21. The van der Waals surface area contributed by atoms with Crippen molar-refractivity contribution in [2.24, 2.45) is 0 Å². The van der Waals surface area contributed by atoms with E-state index in [4.69, 9.17) is 9.47 Å². The van der Waals surface area contributed by atoms with Crippen LogP contribution in [0.3, 0.4) is 0 Å². The first-order chi connectivity index (χ1) is 20.7. The van der Waals surface area contributed by atoms with Crippen LogP contribution < -0.4 is 15.4 Å². The van der Waals surface area contributed by atoms with Gasteiger partial charge in [0.05, 0.1) is 11.4 Å². The molecule has 1 aromatic heterocycles. The number of aromatic nitrogens is 1. The summed E-state index contributed by atoms with van der Waals surface area (Å²) in [6, 6.07) is 15.2. The lowest BCUT2D eigenvalue weighted by molar-refractivity contribution is 0.0487. The van der Waals surface area contributed by atoms with Gasteiger partial charge in [-0.1, -0.05) is 42.5 Å². The zero-order valence-corrected chi connectivity index (χ0v) is 26.0. The van der Waals surface area contributed by atoms with E-state index in [2.05, 4.69) is 15.6 Å². The molecule has 12 heteroatoms. The number of pyridine rings is 1. The molecule has 2 aromatic carbocycles. The van der Waals surface area contributed by atoms with Gasteiger partial charge in [-0.25, -0.2) is 14.2 Å². The number of halogens is 1. The highest BCUT2D eigenvalue weighted by molar-refractivity contribution is 7.86. The molecule has 1 fully saturated rings. The van der Waals surface area contributed by atoms with Crippen molar-refractivity contribution in [3.8, 4) is 22.8 Å². The van der Waals surface area contributed by atoms with Crippen molar-refractivity contribution < 1.29 is 36.4 Å². The zero-order valence-electron chi connectivity index (χ0n) is 25.2. The lowest BCUT2D eigenvalue weighted by atomic mass is 9.91. The molecular weight excluding hydrogens is 589 g/mol. The van der Waals surface area contributed by atoms with E-state index in [1.165, 1.54) is 6.92 Å². The van der Waals surface area contributed by atoms with Crippen LogP contribution in [0.2, 0.25) is 0 Å². The summed E-state index contributed by atoms with van der Waals surface area (Å²) in [7, 11) is -4.26. The minimum Gasteiger partial charge on any atom is -0.444 e. The van der Waals surface area contributed by atoms with Crippen molar-refractivity contribution in [3.63, 3.8) is 0 Å². The summed E-state index contributed by atoms with van der Waals surface area (Å²) < 4.78 is 58.6. The number of nitrogens with zero attached hydrogens (tertiary/aromatic N) is 1. The molecule has 10 nitrogen and oxygen atoms in total. The molecule has 0 bridgehead atoms. The Morgan fingerprint density at radius 2 is 1.66 bits per heavy atom. The molecule has 3 N–H and O–H groups in total. The third-order valence-corrected chi connectivity index (χ3v) is 8.40. The second-order valence-electron chi connectivity index (χ2n) is 12.0. The number of nitrogens with one attached hydrogen (secondary N) is 2. The Labute approximate surface area is 257 Å². The summed E-state index contributed by atoms with van der Waals surface area (Å²) >= 11 is 0. The molecule has 1 saturated carbocycles. The Morgan fingerprint density at radius 1 is 1.02 bits per heavy atom. The first-order valence-electron chi connectivity index (χ1n) is 14.5. The summed E-state index contributed by atoms with van der Waals surface area (Å²) in [4.78, 5) is 29.6. The summed E-state index contributed by atoms with van der Waals surface area (Å²) in [5, 5.41) is 4.75. The van der Waals surface area contributed by atoms with Crippen molar-refractivity contribution in [1.29, 1.82) is 0 Å². The summed E-state index contributed by atoms with van der Waals surface area (Å²) in [6.07, 6.45) is 2.93. The normalized spacial score (nSPS) is 17.8. The van der Waals surface area contributed by atoms with Crippen molar-refractivity contribution >= 4 is 22.1 Å². The number of hydrogen-bond acceptors (Lipinski definition) is 7. The molecule has 1 heterocycles. The molecule has 0 spiro atoms. The van der Waals surface area contributed by atoms with Gasteiger partial charge in [0, 0.05) is 17.6 Å². The fourth-order valence-electron chi connectivity index (χ4n) is 4.97. The molecule has 4 rings (SSSR count). The number of hydrogen-bond donors (Lipinski definition) is 3. The van der Waals surface area contributed by atoms with Crippen LogP contribution in [-0.4, -0.2) is 52.9 Å². The predicted octanol–water partition coefficient (Wildman–Crippen LogP) is 6.06. The molecule has 44 heavy (non-hydrogen) atoms. The summed E-state index contributed by atoms with van der Waals surface area (Å²) in [6.45, 7) is 6.78. The first kappa shape index (κ1) is 32.9. The Kier molecular flexibility index (Phi) is 10.3. The maximum Gasteiger partial charge on any atom is 0.407 e. The van der Waals surface area contributed by atoms with E-state index < -0.39 is 38.8 Å². The van der Waals surface area contributed by atoms with E-state index in [0.717, 1.165) is 17.8 Å². The van der Waals surface area contributed by atoms with Crippen molar-refractivity contribution in [3.05, 3.63) is 77.7 Å². The van der Waals surface area contributed by atoms with Gasteiger partial charge in [-0.2, -0.15) is 8.42 Å². The summed E-state index contributed by atoms with van der Waals surface area (Å²) in [5.41, 5.74) is 1.30. The van der Waals surface area contributed by atoms with Crippen molar-refractivity contribution in [1.82, 2.24) is 15.6 Å². The minimum atomic E-state index is -4.26. The molecule has 1 unspecified atom stereocenters. The Hall–Kier alpha value is -4.03. The Balaban J connectivity index is 1.52. The quantitative estimate of drug-likeness (QED) is 0.243. The van der Waals surface area contributed by atoms with E-state index in [1.54, 1.807) is 39.0 Å². The minimum absolute atomic E-state index is 0.0138. The van der Waals surface area contributed by atoms with Gasteiger partial charge in [-0.3, -0.25) is 9.35 Å². The molecule has 0 saturated heterocycles. The lowest BCUT2D eigenvalue weighted by Gasteiger charge is -2.30. The highest BCUT2D eigenvalue weighted by Crippen LogP contribution is 2.35. The van der Waals surface area contributed by atoms with Crippen molar-refractivity contribution in [2.45, 2.75) is 82.7 Å². The van der Waals surface area contributed by atoms with E-state index >= 15 is 0 Å². The number of rotatable bonds is 9. The summed E-state index contributed by atoms with van der Waals surface area (Å²) in [5.74, 6) is -1.13. The van der Waals surface area contributed by atoms with Gasteiger partial charge >= 0.3 is 6.09 Å².